The number of aromatic hydroxyl groups is 3. The summed E-state index contributed by atoms with van der Waals surface area (Å²) in [6.45, 7) is 0. The summed E-state index contributed by atoms with van der Waals surface area (Å²) in [5, 5.41) is 30.9. The SMILES string of the molecule is Cn1c(O)cc(-c2c(-c3ccc[nH]3)[nH]c3ccc(O)cc23)c1O. The highest BCUT2D eigenvalue weighted by Crippen LogP contribution is 2.44. The highest BCUT2D eigenvalue weighted by atomic mass is 16.3. The lowest BCUT2D eigenvalue weighted by Gasteiger charge is -2.04. The standard InChI is InChI=1S/C17H15N3O3/c1-20-14(22)8-11(17(20)23)15-10-7-9(21)4-5-12(10)19-16(15)13-3-2-6-18-13/h2-8,18-19,21-23H,1H3. The van der Waals surface area contributed by atoms with Gasteiger partial charge in [0, 0.05) is 35.8 Å². The van der Waals surface area contributed by atoms with Crippen molar-refractivity contribution < 1.29 is 15.3 Å². The van der Waals surface area contributed by atoms with Gasteiger partial charge in [-0.15, -0.1) is 0 Å². The molecule has 0 atom stereocenters. The Morgan fingerprint density at radius 2 is 1.87 bits per heavy atom. The van der Waals surface area contributed by atoms with Crippen molar-refractivity contribution in [2.24, 2.45) is 7.05 Å². The lowest BCUT2D eigenvalue weighted by molar-refractivity contribution is 0.387. The van der Waals surface area contributed by atoms with Crippen molar-refractivity contribution in [1.29, 1.82) is 0 Å². The van der Waals surface area contributed by atoms with Gasteiger partial charge in [0.25, 0.3) is 0 Å². The van der Waals surface area contributed by atoms with Crippen molar-refractivity contribution in [3.63, 3.8) is 0 Å². The van der Waals surface area contributed by atoms with E-state index in [1.807, 2.05) is 18.3 Å². The number of aromatic nitrogens is 3. The molecule has 3 aromatic heterocycles. The Morgan fingerprint density at radius 3 is 2.52 bits per heavy atom. The first kappa shape index (κ1) is 13.4. The highest BCUT2D eigenvalue weighted by molar-refractivity contribution is 6.05. The third kappa shape index (κ3) is 1.88. The number of hydrogen-bond acceptors (Lipinski definition) is 3. The zero-order valence-electron chi connectivity index (χ0n) is 12.3. The first-order valence-corrected chi connectivity index (χ1v) is 7.12. The fourth-order valence-corrected chi connectivity index (χ4v) is 2.91. The largest absolute Gasteiger partial charge is 0.508 e. The number of nitrogens with zero attached hydrogens (tertiary/aromatic N) is 1. The Balaban J connectivity index is 2.12. The van der Waals surface area contributed by atoms with Crippen LogP contribution in [-0.2, 0) is 7.05 Å². The maximum atomic E-state index is 10.4. The van der Waals surface area contributed by atoms with Crippen LogP contribution in [-0.4, -0.2) is 29.9 Å². The Bertz CT molecular complexity index is 1010. The Hall–Kier alpha value is -3.28. The molecule has 0 aliphatic carbocycles. The maximum Gasteiger partial charge on any atom is 0.201 e. The molecule has 0 amide bonds. The van der Waals surface area contributed by atoms with E-state index in [4.69, 9.17) is 0 Å². The molecule has 0 saturated carbocycles. The van der Waals surface area contributed by atoms with Crippen LogP contribution in [0.2, 0.25) is 0 Å². The quantitative estimate of drug-likeness (QED) is 0.393. The minimum absolute atomic E-state index is 0.0376. The van der Waals surface area contributed by atoms with Crippen LogP contribution >= 0.6 is 0 Å². The summed E-state index contributed by atoms with van der Waals surface area (Å²) in [4.78, 5) is 6.44. The van der Waals surface area contributed by atoms with Crippen molar-refractivity contribution in [3.8, 4) is 40.0 Å². The topological polar surface area (TPSA) is 97.2 Å². The van der Waals surface area contributed by atoms with Gasteiger partial charge < -0.3 is 25.3 Å². The van der Waals surface area contributed by atoms with Crippen molar-refractivity contribution in [3.05, 3.63) is 42.6 Å². The molecule has 1 aromatic carbocycles. The summed E-state index contributed by atoms with van der Waals surface area (Å²) in [5.41, 5.74) is 3.65. The summed E-state index contributed by atoms with van der Waals surface area (Å²) >= 11 is 0. The molecule has 0 spiro atoms. The molecule has 6 heteroatoms. The van der Waals surface area contributed by atoms with Gasteiger partial charge >= 0.3 is 0 Å². The third-order valence-corrected chi connectivity index (χ3v) is 4.09. The van der Waals surface area contributed by atoms with Crippen molar-refractivity contribution in [2.75, 3.05) is 0 Å². The van der Waals surface area contributed by atoms with Crippen LogP contribution in [0.3, 0.4) is 0 Å². The van der Waals surface area contributed by atoms with Gasteiger partial charge in [0.15, 0.2) is 5.88 Å². The van der Waals surface area contributed by atoms with Crippen LogP contribution in [0, 0.1) is 0 Å². The molecule has 0 bridgehead atoms. The second kappa shape index (κ2) is 4.61. The number of aromatic amines is 2. The van der Waals surface area contributed by atoms with Crippen LogP contribution < -0.4 is 0 Å². The number of fused-ring (bicyclic) bond motifs is 1. The fraction of sp³-hybridized carbons (Fsp3) is 0.0588. The number of hydrogen-bond donors (Lipinski definition) is 5. The summed E-state index contributed by atoms with van der Waals surface area (Å²) in [7, 11) is 1.58. The molecule has 23 heavy (non-hydrogen) atoms. The van der Waals surface area contributed by atoms with E-state index in [-0.39, 0.29) is 17.5 Å². The number of nitrogens with one attached hydrogen (secondary N) is 2. The van der Waals surface area contributed by atoms with Gasteiger partial charge in [0.05, 0.1) is 17.0 Å². The minimum Gasteiger partial charge on any atom is -0.508 e. The molecular formula is C17H15N3O3. The molecule has 6 nitrogen and oxygen atoms in total. The lowest BCUT2D eigenvalue weighted by Crippen LogP contribution is -1.86. The third-order valence-electron chi connectivity index (χ3n) is 4.09. The van der Waals surface area contributed by atoms with Crippen LogP contribution in [0.5, 0.6) is 17.5 Å². The second-order valence-corrected chi connectivity index (χ2v) is 5.49. The van der Waals surface area contributed by atoms with Crippen LogP contribution in [0.4, 0.5) is 0 Å². The molecular weight excluding hydrogens is 294 g/mol. The molecule has 0 aliphatic heterocycles. The molecule has 3 heterocycles. The molecule has 5 N–H and O–H groups in total. The Labute approximate surface area is 131 Å². The van der Waals surface area contributed by atoms with Crippen molar-refractivity contribution in [1.82, 2.24) is 14.5 Å². The van der Waals surface area contributed by atoms with Gasteiger partial charge in [-0.3, -0.25) is 4.57 Å². The molecule has 0 unspecified atom stereocenters. The molecule has 4 aromatic rings. The van der Waals surface area contributed by atoms with E-state index in [1.165, 1.54) is 10.6 Å². The van der Waals surface area contributed by atoms with Gasteiger partial charge in [-0.2, -0.15) is 0 Å². The number of H-pyrrole nitrogens is 2. The first-order valence-electron chi connectivity index (χ1n) is 7.12. The monoisotopic (exact) mass is 309 g/mol. The van der Waals surface area contributed by atoms with Gasteiger partial charge in [0.1, 0.15) is 5.75 Å². The maximum absolute atomic E-state index is 10.4. The minimum atomic E-state index is -0.0421. The predicted molar refractivity (Wildman–Crippen MR) is 87.5 cm³/mol. The van der Waals surface area contributed by atoms with E-state index in [1.54, 1.807) is 25.2 Å². The number of phenols is 1. The van der Waals surface area contributed by atoms with E-state index < -0.39 is 0 Å². The molecule has 0 saturated heterocycles. The zero-order chi connectivity index (χ0) is 16.1. The number of phenolic OH excluding ortho intramolecular Hbond substituents is 1. The van der Waals surface area contributed by atoms with Gasteiger partial charge in [-0.1, -0.05) is 0 Å². The summed E-state index contributed by atoms with van der Waals surface area (Å²) in [5.74, 6) is 0.0550. The van der Waals surface area contributed by atoms with Gasteiger partial charge in [-0.05, 0) is 30.3 Å². The highest BCUT2D eigenvalue weighted by Gasteiger charge is 2.22. The fourth-order valence-electron chi connectivity index (χ4n) is 2.91. The average Bonchev–Trinajstić information content (AvgIpc) is 3.22. The number of rotatable bonds is 2. The van der Waals surface area contributed by atoms with E-state index >= 15 is 0 Å². The summed E-state index contributed by atoms with van der Waals surface area (Å²) in [6.07, 6.45) is 1.81. The van der Waals surface area contributed by atoms with Crippen LogP contribution in [0.15, 0.2) is 42.6 Å². The van der Waals surface area contributed by atoms with Crippen molar-refractivity contribution in [2.45, 2.75) is 0 Å². The summed E-state index contributed by atoms with van der Waals surface area (Å²) < 4.78 is 1.30. The van der Waals surface area contributed by atoms with Crippen LogP contribution in [0.25, 0.3) is 33.4 Å². The molecule has 0 radical (unpaired) electrons. The van der Waals surface area contributed by atoms with Gasteiger partial charge in [0.2, 0.25) is 5.88 Å². The van der Waals surface area contributed by atoms with Gasteiger partial charge in [-0.25, -0.2) is 0 Å². The summed E-state index contributed by atoms with van der Waals surface area (Å²) in [6, 6.07) is 10.3. The molecule has 0 aliphatic rings. The van der Waals surface area contributed by atoms with E-state index in [0.29, 0.717) is 11.1 Å². The smallest absolute Gasteiger partial charge is 0.201 e. The lowest BCUT2D eigenvalue weighted by atomic mass is 10.0. The first-order chi connectivity index (χ1) is 11.1. The van der Waals surface area contributed by atoms with E-state index in [9.17, 15) is 15.3 Å². The van der Waals surface area contributed by atoms with E-state index in [0.717, 1.165) is 22.3 Å². The predicted octanol–water partition coefficient (Wildman–Crippen LogP) is 3.29. The normalized spacial score (nSPS) is 11.3. The van der Waals surface area contributed by atoms with Crippen molar-refractivity contribution >= 4 is 10.9 Å². The zero-order valence-corrected chi connectivity index (χ0v) is 12.3. The molecule has 116 valence electrons. The van der Waals surface area contributed by atoms with Crippen LogP contribution in [0.1, 0.15) is 0 Å². The van der Waals surface area contributed by atoms with E-state index in [2.05, 4.69) is 9.97 Å². The Kier molecular flexibility index (Phi) is 2.68. The molecule has 0 fully saturated rings. The molecule has 4 rings (SSSR count). The number of benzene rings is 1. The Morgan fingerprint density at radius 1 is 1.04 bits per heavy atom. The average molecular weight is 309 g/mol. The second-order valence-electron chi connectivity index (χ2n) is 5.49.